The number of nitrogens with two attached hydrogens (primary N) is 1. The molecule has 1 aliphatic rings. The maximum Gasteiger partial charge on any atom is 0.222 e. The SMILES string of the molecule is CC1CCN(CCCNC(=O)C(C)CCN)CC1. The number of rotatable bonds is 7. The van der Waals surface area contributed by atoms with Gasteiger partial charge in [0, 0.05) is 12.5 Å². The van der Waals surface area contributed by atoms with Crippen LogP contribution in [0.5, 0.6) is 0 Å². The first-order valence-electron chi connectivity index (χ1n) is 7.33. The average molecular weight is 255 g/mol. The van der Waals surface area contributed by atoms with Crippen molar-refractivity contribution in [1.82, 2.24) is 10.2 Å². The molecule has 1 amide bonds. The van der Waals surface area contributed by atoms with Gasteiger partial charge in [0.1, 0.15) is 0 Å². The zero-order valence-electron chi connectivity index (χ0n) is 12.0. The Hall–Kier alpha value is -0.610. The first-order chi connectivity index (χ1) is 8.63. The zero-order valence-corrected chi connectivity index (χ0v) is 12.0. The van der Waals surface area contributed by atoms with Crippen LogP contribution in [0.15, 0.2) is 0 Å². The van der Waals surface area contributed by atoms with Gasteiger partial charge >= 0.3 is 0 Å². The highest BCUT2D eigenvalue weighted by molar-refractivity contribution is 5.78. The van der Waals surface area contributed by atoms with Crippen molar-refractivity contribution in [2.75, 3.05) is 32.7 Å². The third kappa shape index (κ3) is 5.83. The normalized spacial score (nSPS) is 19.7. The quantitative estimate of drug-likeness (QED) is 0.672. The topological polar surface area (TPSA) is 58.4 Å². The molecule has 1 saturated heterocycles. The highest BCUT2D eigenvalue weighted by Crippen LogP contribution is 2.15. The Morgan fingerprint density at radius 1 is 1.44 bits per heavy atom. The molecule has 0 aromatic carbocycles. The number of piperidine rings is 1. The second-order valence-electron chi connectivity index (χ2n) is 5.65. The number of carbonyl (C=O) groups excluding carboxylic acids is 1. The highest BCUT2D eigenvalue weighted by Gasteiger charge is 2.15. The summed E-state index contributed by atoms with van der Waals surface area (Å²) in [5.74, 6) is 1.08. The van der Waals surface area contributed by atoms with E-state index in [0.29, 0.717) is 6.54 Å². The smallest absolute Gasteiger partial charge is 0.222 e. The van der Waals surface area contributed by atoms with E-state index in [9.17, 15) is 4.79 Å². The molecule has 0 spiro atoms. The largest absolute Gasteiger partial charge is 0.356 e. The van der Waals surface area contributed by atoms with Crippen molar-refractivity contribution in [3.63, 3.8) is 0 Å². The molecule has 1 aliphatic heterocycles. The lowest BCUT2D eigenvalue weighted by Crippen LogP contribution is -2.36. The minimum atomic E-state index is 0.0471. The summed E-state index contributed by atoms with van der Waals surface area (Å²) in [4.78, 5) is 14.2. The zero-order chi connectivity index (χ0) is 13.4. The molecule has 0 radical (unpaired) electrons. The van der Waals surface area contributed by atoms with Gasteiger partial charge in [-0.1, -0.05) is 13.8 Å². The van der Waals surface area contributed by atoms with Gasteiger partial charge in [0.25, 0.3) is 0 Å². The fourth-order valence-electron chi connectivity index (χ4n) is 2.36. The van der Waals surface area contributed by atoms with Crippen LogP contribution < -0.4 is 11.1 Å². The van der Waals surface area contributed by atoms with E-state index in [2.05, 4.69) is 17.1 Å². The molecule has 1 fully saturated rings. The van der Waals surface area contributed by atoms with Crippen molar-refractivity contribution in [3.05, 3.63) is 0 Å². The van der Waals surface area contributed by atoms with Crippen molar-refractivity contribution >= 4 is 5.91 Å². The number of nitrogens with one attached hydrogen (secondary N) is 1. The number of carbonyl (C=O) groups is 1. The molecule has 1 atom stereocenters. The molecule has 4 nitrogen and oxygen atoms in total. The summed E-state index contributed by atoms with van der Waals surface area (Å²) in [6.07, 6.45) is 4.46. The number of hydrogen-bond donors (Lipinski definition) is 2. The van der Waals surface area contributed by atoms with E-state index in [1.54, 1.807) is 0 Å². The molecule has 18 heavy (non-hydrogen) atoms. The lowest BCUT2D eigenvalue weighted by atomic mass is 9.99. The molecular formula is C14H29N3O. The summed E-state index contributed by atoms with van der Waals surface area (Å²) in [6, 6.07) is 0. The van der Waals surface area contributed by atoms with Gasteiger partial charge in [-0.05, 0) is 57.8 Å². The molecular weight excluding hydrogens is 226 g/mol. The second-order valence-corrected chi connectivity index (χ2v) is 5.65. The van der Waals surface area contributed by atoms with Gasteiger partial charge < -0.3 is 16.0 Å². The van der Waals surface area contributed by atoms with Gasteiger partial charge in [-0.2, -0.15) is 0 Å². The molecule has 0 bridgehead atoms. The summed E-state index contributed by atoms with van der Waals surface area (Å²) < 4.78 is 0. The monoisotopic (exact) mass is 255 g/mol. The van der Waals surface area contributed by atoms with Gasteiger partial charge in [-0.25, -0.2) is 0 Å². The Bertz CT molecular complexity index is 237. The molecule has 0 saturated carbocycles. The first-order valence-corrected chi connectivity index (χ1v) is 7.33. The van der Waals surface area contributed by atoms with Crippen molar-refractivity contribution in [2.24, 2.45) is 17.6 Å². The lowest BCUT2D eigenvalue weighted by molar-refractivity contribution is -0.124. The summed E-state index contributed by atoms with van der Waals surface area (Å²) in [5, 5.41) is 2.99. The molecule has 106 valence electrons. The third-order valence-corrected chi connectivity index (χ3v) is 3.87. The van der Waals surface area contributed by atoms with Crippen LogP contribution >= 0.6 is 0 Å². The fourth-order valence-corrected chi connectivity index (χ4v) is 2.36. The number of hydrogen-bond acceptors (Lipinski definition) is 3. The van der Waals surface area contributed by atoms with Crippen LogP contribution in [-0.4, -0.2) is 43.5 Å². The van der Waals surface area contributed by atoms with Crippen molar-refractivity contribution in [2.45, 2.75) is 39.5 Å². The van der Waals surface area contributed by atoms with Crippen LogP contribution in [-0.2, 0) is 4.79 Å². The van der Waals surface area contributed by atoms with Crippen LogP contribution in [0.2, 0.25) is 0 Å². The van der Waals surface area contributed by atoms with E-state index < -0.39 is 0 Å². The maximum absolute atomic E-state index is 11.6. The molecule has 1 rings (SSSR count). The van der Waals surface area contributed by atoms with Gasteiger partial charge in [0.2, 0.25) is 5.91 Å². The lowest BCUT2D eigenvalue weighted by Gasteiger charge is -2.30. The van der Waals surface area contributed by atoms with Crippen LogP contribution in [0.1, 0.15) is 39.5 Å². The standard InChI is InChI=1S/C14H29N3O/c1-12-5-10-17(11-6-12)9-3-8-16-14(18)13(2)4-7-15/h12-13H,3-11,15H2,1-2H3,(H,16,18). The second kappa shape index (κ2) is 8.48. The van der Waals surface area contributed by atoms with E-state index in [1.807, 2.05) is 6.92 Å². The van der Waals surface area contributed by atoms with E-state index >= 15 is 0 Å². The molecule has 0 aliphatic carbocycles. The predicted molar refractivity (Wildman–Crippen MR) is 75.3 cm³/mol. The Morgan fingerprint density at radius 3 is 2.72 bits per heavy atom. The van der Waals surface area contributed by atoms with Crippen LogP contribution in [0.3, 0.4) is 0 Å². The van der Waals surface area contributed by atoms with E-state index in [1.165, 1.54) is 25.9 Å². The van der Waals surface area contributed by atoms with Crippen molar-refractivity contribution < 1.29 is 4.79 Å². The van der Waals surface area contributed by atoms with Gasteiger partial charge in [0.15, 0.2) is 0 Å². The fraction of sp³-hybridized carbons (Fsp3) is 0.929. The molecule has 0 aromatic rings. The Balaban J connectivity index is 2.02. The molecule has 4 heteroatoms. The highest BCUT2D eigenvalue weighted by atomic mass is 16.1. The van der Waals surface area contributed by atoms with Crippen molar-refractivity contribution in [1.29, 1.82) is 0 Å². The molecule has 3 N–H and O–H groups in total. The molecule has 0 aromatic heterocycles. The third-order valence-electron chi connectivity index (χ3n) is 3.87. The van der Waals surface area contributed by atoms with E-state index in [-0.39, 0.29) is 11.8 Å². The minimum Gasteiger partial charge on any atom is -0.356 e. The van der Waals surface area contributed by atoms with E-state index in [0.717, 1.165) is 31.8 Å². The first kappa shape index (κ1) is 15.4. The number of amides is 1. The van der Waals surface area contributed by atoms with E-state index in [4.69, 9.17) is 5.73 Å². The van der Waals surface area contributed by atoms with Gasteiger partial charge in [-0.15, -0.1) is 0 Å². The van der Waals surface area contributed by atoms with Gasteiger partial charge in [0.05, 0.1) is 0 Å². The van der Waals surface area contributed by atoms with Crippen molar-refractivity contribution in [3.8, 4) is 0 Å². The number of likely N-dealkylation sites (tertiary alicyclic amines) is 1. The minimum absolute atomic E-state index is 0.0471. The summed E-state index contributed by atoms with van der Waals surface area (Å²) in [5.41, 5.74) is 5.44. The maximum atomic E-state index is 11.6. The molecule has 1 unspecified atom stereocenters. The van der Waals surface area contributed by atoms with Gasteiger partial charge in [-0.3, -0.25) is 4.79 Å². The predicted octanol–water partition coefficient (Wildman–Crippen LogP) is 1.21. The average Bonchev–Trinajstić information content (AvgIpc) is 2.36. The van der Waals surface area contributed by atoms with Crippen LogP contribution in [0.25, 0.3) is 0 Å². The number of nitrogens with zero attached hydrogens (tertiary/aromatic N) is 1. The Labute approximate surface area is 111 Å². The van der Waals surface area contributed by atoms with Crippen LogP contribution in [0.4, 0.5) is 0 Å². The summed E-state index contributed by atoms with van der Waals surface area (Å²) in [7, 11) is 0. The summed E-state index contributed by atoms with van der Waals surface area (Å²) in [6.45, 7) is 9.20. The summed E-state index contributed by atoms with van der Waals surface area (Å²) >= 11 is 0. The molecule has 1 heterocycles. The Morgan fingerprint density at radius 2 is 2.11 bits per heavy atom. The Kier molecular flexibility index (Phi) is 7.28. The van der Waals surface area contributed by atoms with Crippen LogP contribution in [0, 0.1) is 11.8 Å².